The SMILES string of the molecule is Cc1ccc(NC(=O)c2nc(C(=O)NCCN(C)C)c3n2CCCC3)c(C)c1. The van der Waals surface area contributed by atoms with Gasteiger partial charge in [-0.2, -0.15) is 0 Å². The molecule has 0 radical (unpaired) electrons. The fourth-order valence-corrected chi connectivity index (χ4v) is 3.51. The minimum Gasteiger partial charge on any atom is -0.349 e. The largest absolute Gasteiger partial charge is 0.349 e. The van der Waals surface area contributed by atoms with Crippen LogP contribution in [-0.2, 0) is 13.0 Å². The fourth-order valence-electron chi connectivity index (χ4n) is 3.51. The number of hydrogen-bond donors (Lipinski definition) is 2. The van der Waals surface area contributed by atoms with E-state index in [1.807, 2.05) is 55.6 Å². The van der Waals surface area contributed by atoms with Crippen LogP contribution >= 0.6 is 0 Å². The number of carbonyl (C=O) groups is 2. The van der Waals surface area contributed by atoms with E-state index in [1.54, 1.807) is 0 Å². The molecule has 2 heterocycles. The van der Waals surface area contributed by atoms with Gasteiger partial charge in [-0.3, -0.25) is 9.59 Å². The van der Waals surface area contributed by atoms with Crippen molar-refractivity contribution in [3.63, 3.8) is 0 Å². The first-order valence-electron chi connectivity index (χ1n) is 9.77. The summed E-state index contributed by atoms with van der Waals surface area (Å²) in [4.78, 5) is 32.0. The maximum Gasteiger partial charge on any atom is 0.291 e. The van der Waals surface area contributed by atoms with E-state index < -0.39 is 0 Å². The molecule has 0 saturated heterocycles. The number of anilines is 1. The Morgan fingerprint density at radius 3 is 2.68 bits per heavy atom. The van der Waals surface area contributed by atoms with Gasteiger partial charge in [-0.15, -0.1) is 0 Å². The molecule has 1 aromatic carbocycles. The summed E-state index contributed by atoms with van der Waals surface area (Å²) < 4.78 is 1.91. The molecule has 0 bridgehead atoms. The molecule has 1 aliphatic heterocycles. The van der Waals surface area contributed by atoms with E-state index in [2.05, 4.69) is 15.6 Å². The first-order chi connectivity index (χ1) is 13.4. The minimum atomic E-state index is -0.276. The average molecular weight is 383 g/mol. The monoisotopic (exact) mass is 383 g/mol. The van der Waals surface area contributed by atoms with E-state index in [0.717, 1.165) is 48.3 Å². The van der Waals surface area contributed by atoms with Gasteiger partial charge in [-0.05, 0) is 58.8 Å². The third-order valence-corrected chi connectivity index (χ3v) is 5.01. The van der Waals surface area contributed by atoms with Gasteiger partial charge in [-0.1, -0.05) is 17.7 Å². The molecule has 150 valence electrons. The van der Waals surface area contributed by atoms with Gasteiger partial charge < -0.3 is 20.1 Å². The van der Waals surface area contributed by atoms with Gasteiger partial charge in [0.15, 0.2) is 5.82 Å². The highest BCUT2D eigenvalue weighted by Gasteiger charge is 2.27. The Morgan fingerprint density at radius 1 is 1.18 bits per heavy atom. The number of nitrogens with one attached hydrogen (secondary N) is 2. The summed E-state index contributed by atoms with van der Waals surface area (Å²) in [5.41, 5.74) is 4.15. The zero-order chi connectivity index (χ0) is 20.3. The second-order valence-corrected chi connectivity index (χ2v) is 7.67. The number of amides is 2. The van der Waals surface area contributed by atoms with Crippen LogP contribution in [0, 0.1) is 13.8 Å². The number of imidazole rings is 1. The Hall–Kier alpha value is -2.67. The average Bonchev–Trinajstić information content (AvgIpc) is 3.03. The molecule has 1 aromatic heterocycles. The Kier molecular flexibility index (Phi) is 6.14. The molecule has 2 amide bonds. The quantitative estimate of drug-likeness (QED) is 0.803. The number of aryl methyl sites for hydroxylation is 2. The maximum absolute atomic E-state index is 12.9. The number of benzene rings is 1. The van der Waals surface area contributed by atoms with Crippen molar-refractivity contribution in [2.24, 2.45) is 0 Å². The van der Waals surface area contributed by atoms with Crippen molar-refractivity contribution in [3.8, 4) is 0 Å². The highest BCUT2D eigenvalue weighted by molar-refractivity contribution is 6.04. The maximum atomic E-state index is 12.9. The van der Waals surface area contributed by atoms with Crippen LogP contribution in [0.3, 0.4) is 0 Å². The zero-order valence-electron chi connectivity index (χ0n) is 17.1. The predicted octanol–water partition coefficient (Wildman–Crippen LogP) is 2.38. The highest BCUT2D eigenvalue weighted by atomic mass is 16.2. The third kappa shape index (κ3) is 4.42. The van der Waals surface area contributed by atoms with Crippen LogP contribution in [0.5, 0.6) is 0 Å². The molecule has 0 aliphatic carbocycles. The number of hydrogen-bond acceptors (Lipinski definition) is 4. The molecule has 3 rings (SSSR count). The van der Waals surface area contributed by atoms with E-state index in [9.17, 15) is 9.59 Å². The molecular weight excluding hydrogens is 354 g/mol. The first-order valence-corrected chi connectivity index (χ1v) is 9.77. The lowest BCUT2D eigenvalue weighted by molar-refractivity contribution is 0.0945. The van der Waals surface area contributed by atoms with Gasteiger partial charge in [0.25, 0.3) is 11.8 Å². The van der Waals surface area contributed by atoms with E-state index in [0.29, 0.717) is 24.6 Å². The molecule has 28 heavy (non-hydrogen) atoms. The van der Waals surface area contributed by atoms with Gasteiger partial charge in [0.2, 0.25) is 0 Å². The number of nitrogens with zero attached hydrogens (tertiary/aromatic N) is 3. The summed E-state index contributed by atoms with van der Waals surface area (Å²) in [6.07, 6.45) is 2.75. The molecule has 0 fully saturated rings. The summed E-state index contributed by atoms with van der Waals surface area (Å²) in [5, 5.41) is 5.86. The molecule has 0 atom stereocenters. The first kappa shape index (κ1) is 20.1. The van der Waals surface area contributed by atoms with Gasteiger partial charge in [-0.25, -0.2) is 4.98 Å². The topological polar surface area (TPSA) is 79.3 Å². The molecule has 0 spiro atoms. The van der Waals surface area contributed by atoms with Crippen molar-refractivity contribution in [3.05, 3.63) is 46.5 Å². The molecule has 7 nitrogen and oxygen atoms in total. The molecule has 0 unspecified atom stereocenters. The molecule has 7 heteroatoms. The predicted molar refractivity (Wildman–Crippen MR) is 110 cm³/mol. The van der Waals surface area contributed by atoms with Crippen LogP contribution < -0.4 is 10.6 Å². The van der Waals surface area contributed by atoms with Crippen molar-refractivity contribution in [2.75, 3.05) is 32.5 Å². The van der Waals surface area contributed by atoms with Gasteiger partial charge in [0, 0.05) is 25.3 Å². The number of rotatable bonds is 6. The van der Waals surface area contributed by atoms with Crippen molar-refractivity contribution in [1.82, 2.24) is 19.8 Å². The van der Waals surface area contributed by atoms with Crippen molar-refractivity contribution in [2.45, 2.75) is 39.7 Å². The van der Waals surface area contributed by atoms with Gasteiger partial charge in [0.1, 0.15) is 5.69 Å². The van der Waals surface area contributed by atoms with Crippen LogP contribution in [0.1, 0.15) is 50.8 Å². The third-order valence-electron chi connectivity index (χ3n) is 5.01. The Morgan fingerprint density at radius 2 is 1.96 bits per heavy atom. The second-order valence-electron chi connectivity index (χ2n) is 7.67. The van der Waals surface area contributed by atoms with Crippen LogP contribution in [0.2, 0.25) is 0 Å². The highest BCUT2D eigenvalue weighted by Crippen LogP contribution is 2.23. The zero-order valence-corrected chi connectivity index (χ0v) is 17.1. The van der Waals surface area contributed by atoms with Crippen LogP contribution in [-0.4, -0.2) is 53.5 Å². The number of aromatic nitrogens is 2. The Labute approximate surface area is 166 Å². The van der Waals surface area contributed by atoms with E-state index in [4.69, 9.17) is 0 Å². The van der Waals surface area contributed by atoms with Crippen LogP contribution in [0.15, 0.2) is 18.2 Å². The molecule has 1 aliphatic rings. The van der Waals surface area contributed by atoms with Crippen molar-refractivity contribution < 1.29 is 9.59 Å². The van der Waals surface area contributed by atoms with Crippen LogP contribution in [0.4, 0.5) is 5.69 Å². The standard InChI is InChI=1S/C21H29N5O2/c1-14-8-9-16(15(2)13-14)23-21(28)19-24-18(17-7-5-6-11-26(17)19)20(27)22-10-12-25(3)4/h8-9,13H,5-7,10-12H2,1-4H3,(H,22,27)(H,23,28). The van der Waals surface area contributed by atoms with Crippen molar-refractivity contribution >= 4 is 17.5 Å². The van der Waals surface area contributed by atoms with Crippen LogP contribution in [0.25, 0.3) is 0 Å². The summed E-state index contributed by atoms with van der Waals surface area (Å²) in [6.45, 7) is 5.99. The number of carbonyl (C=O) groups excluding carboxylic acids is 2. The normalized spacial score (nSPS) is 13.3. The lowest BCUT2D eigenvalue weighted by Crippen LogP contribution is -2.32. The Balaban J connectivity index is 1.83. The smallest absolute Gasteiger partial charge is 0.291 e. The summed E-state index contributed by atoms with van der Waals surface area (Å²) >= 11 is 0. The second kappa shape index (κ2) is 8.56. The van der Waals surface area contributed by atoms with E-state index >= 15 is 0 Å². The summed E-state index contributed by atoms with van der Waals surface area (Å²) in [5.74, 6) is -0.173. The fraction of sp³-hybridized carbons (Fsp3) is 0.476. The lowest BCUT2D eigenvalue weighted by Gasteiger charge is -2.17. The molecule has 2 N–H and O–H groups in total. The number of fused-ring (bicyclic) bond motifs is 1. The molecule has 2 aromatic rings. The molecule has 0 saturated carbocycles. The number of likely N-dealkylation sites (N-methyl/N-ethyl adjacent to an activating group) is 1. The van der Waals surface area contributed by atoms with E-state index in [-0.39, 0.29) is 11.8 Å². The lowest BCUT2D eigenvalue weighted by atomic mass is 10.1. The molecular formula is C21H29N5O2. The van der Waals surface area contributed by atoms with Gasteiger partial charge in [0.05, 0.1) is 5.69 Å². The van der Waals surface area contributed by atoms with Gasteiger partial charge >= 0.3 is 0 Å². The van der Waals surface area contributed by atoms with E-state index in [1.165, 1.54) is 0 Å². The van der Waals surface area contributed by atoms with Crippen molar-refractivity contribution in [1.29, 1.82) is 0 Å². The summed E-state index contributed by atoms with van der Waals surface area (Å²) in [6, 6.07) is 5.89. The summed E-state index contributed by atoms with van der Waals surface area (Å²) in [7, 11) is 3.92. The minimum absolute atomic E-state index is 0.210. The Bertz CT molecular complexity index is 885.